The van der Waals surface area contributed by atoms with E-state index in [-0.39, 0.29) is 36.3 Å². The van der Waals surface area contributed by atoms with E-state index in [0.29, 0.717) is 0 Å². The minimum atomic E-state index is -3.74. The summed E-state index contributed by atoms with van der Waals surface area (Å²) in [6.45, 7) is 3.44. The van der Waals surface area contributed by atoms with Crippen molar-refractivity contribution in [2.45, 2.75) is 24.5 Å². The van der Waals surface area contributed by atoms with Gasteiger partial charge in [-0.2, -0.15) is 9.40 Å². The Morgan fingerprint density at radius 3 is 2.92 bits per heavy atom. The zero-order valence-electron chi connectivity index (χ0n) is 13.8. The molecule has 1 amide bonds. The van der Waals surface area contributed by atoms with Crippen molar-refractivity contribution in [3.8, 4) is 0 Å². The number of ether oxygens (including phenoxy) is 1. The number of nitrogens with zero attached hydrogens (tertiary/aromatic N) is 3. The Kier molecular flexibility index (Phi) is 4.89. The van der Waals surface area contributed by atoms with E-state index in [1.165, 1.54) is 28.6 Å². The maximum absolute atomic E-state index is 12.9. The van der Waals surface area contributed by atoms with Crippen LogP contribution >= 0.6 is 0 Å². The molecule has 1 fully saturated rings. The summed E-state index contributed by atoms with van der Waals surface area (Å²) in [7, 11) is -3.74. The van der Waals surface area contributed by atoms with Gasteiger partial charge in [0.2, 0.25) is 15.9 Å². The number of carbonyl (C=O) groups excluding carboxylic acids is 1. The first-order valence-corrected chi connectivity index (χ1v) is 9.40. The normalized spacial score (nSPS) is 19.0. The summed E-state index contributed by atoms with van der Waals surface area (Å²) >= 11 is 0. The Morgan fingerprint density at radius 2 is 2.24 bits per heavy atom. The van der Waals surface area contributed by atoms with E-state index in [4.69, 9.17) is 10.5 Å². The Morgan fingerprint density at radius 1 is 1.44 bits per heavy atom. The molecule has 2 N–H and O–H groups in total. The first-order chi connectivity index (χ1) is 11.9. The summed E-state index contributed by atoms with van der Waals surface area (Å²) in [6.07, 6.45) is 3.18. The molecule has 0 bridgehead atoms. The third-order valence-electron chi connectivity index (χ3n) is 4.13. The van der Waals surface area contributed by atoms with E-state index >= 15 is 0 Å². The number of hydrogen-bond acceptors (Lipinski definition) is 5. The minimum absolute atomic E-state index is 0.0497. The molecule has 9 heteroatoms. The molecule has 1 aromatic heterocycles. The molecule has 8 nitrogen and oxygen atoms in total. The molecule has 0 aliphatic carbocycles. The maximum Gasteiger partial charge on any atom is 0.248 e. The quantitative estimate of drug-likeness (QED) is 0.843. The van der Waals surface area contributed by atoms with Crippen LogP contribution in [0.2, 0.25) is 0 Å². The number of amides is 1. The minimum Gasteiger partial charge on any atom is -0.371 e. The van der Waals surface area contributed by atoms with Crippen LogP contribution in [0.25, 0.3) is 0 Å². The lowest BCUT2D eigenvalue weighted by atomic mass is 10.2. The van der Waals surface area contributed by atoms with Crippen LogP contribution < -0.4 is 5.73 Å². The summed E-state index contributed by atoms with van der Waals surface area (Å²) in [4.78, 5) is 11.4. The van der Waals surface area contributed by atoms with Crippen molar-refractivity contribution in [1.82, 2.24) is 14.1 Å². The topological polar surface area (TPSA) is 108 Å². The number of aryl methyl sites for hydroxylation is 1. The van der Waals surface area contributed by atoms with Crippen LogP contribution in [-0.4, -0.2) is 48.1 Å². The van der Waals surface area contributed by atoms with Gasteiger partial charge in [0.25, 0.3) is 0 Å². The predicted octanol–water partition coefficient (Wildman–Crippen LogP) is 0.764. The first-order valence-electron chi connectivity index (χ1n) is 7.96. The van der Waals surface area contributed by atoms with Gasteiger partial charge in [-0.05, 0) is 25.1 Å². The van der Waals surface area contributed by atoms with Gasteiger partial charge in [-0.15, -0.1) is 0 Å². The Labute approximate surface area is 146 Å². The summed E-state index contributed by atoms with van der Waals surface area (Å²) in [5.41, 5.74) is 6.24. The van der Waals surface area contributed by atoms with E-state index in [2.05, 4.69) is 5.10 Å². The predicted molar refractivity (Wildman–Crippen MR) is 90.3 cm³/mol. The van der Waals surface area contributed by atoms with Gasteiger partial charge in [-0.25, -0.2) is 8.42 Å². The Balaban J connectivity index is 1.84. The summed E-state index contributed by atoms with van der Waals surface area (Å²) < 4.78 is 34.6. The number of morpholine rings is 1. The van der Waals surface area contributed by atoms with Crippen molar-refractivity contribution in [2.24, 2.45) is 5.73 Å². The third-order valence-corrected chi connectivity index (χ3v) is 6.00. The second-order valence-electron chi connectivity index (χ2n) is 5.74. The van der Waals surface area contributed by atoms with Gasteiger partial charge in [-0.3, -0.25) is 9.48 Å². The molecule has 3 rings (SSSR count). The van der Waals surface area contributed by atoms with Gasteiger partial charge in [0, 0.05) is 37.0 Å². The molecule has 0 saturated carbocycles. The molecule has 134 valence electrons. The number of rotatable bonds is 5. The van der Waals surface area contributed by atoms with E-state index in [1.54, 1.807) is 10.9 Å². The van der Waals surface area contributed by atoms with E-state index in [9.17, 15) is 13.2 Å². The van der Waals surface area contributed by atoms with Crippen molar-refractivity contribution >= 4 is 15.9 Å². The molecule has 1 aromatic carbocycles. The number of primary amides is 1. The number of carbonyl (C=O) groups is 1. The molecule has 2 aromatic rings. The number of sulfonamides is 1. The van der Waals surface area contributed by atoms with Crippen molar-refractivity contribution in [3.63, 3.8) is 0 Å². The Bertz CT molecular complexity index is 878. The fourth-order valence-corrected chi connectivity index (χ4v) is 4.19. The zero-order valence-corrected chi connectivity index (χ0v) is 14.6. The molecule has 1 aliphatic rings. The van der Waals surface area contributed by atoms with Gasteiger partial charge in [-0.1, -0.05) is 6.07 Å². The monoisotopic (exact) mass is 364 g/mol. The van der Waals surface area contributed by atoms with Gasteiger partial charge >= 0.3 is 0 Å². The lowest BCUT2D eigenvalue weighted by Crippen LogP contribution is -2.42. The van der Waals surface area contributed by atoms with E-state index in [0.717, 1.165) is 12.1 Å². The van der Waals surface area contributed by atoms with Crippen LogP contribution in [0.3, 0.4) is 0 Å². The average Bonchev–Trinajstić information content (AvgIpc) is 3.11. The SMILES string of the molecule is CCn1cc(C2CN(S(=O)(=O)c3cccc(C(N)=O)c3)CCO2)cn1. The van der Waals surface area contributed by atoms with Crippen molar-refractivity contribution in [1.29, 1.82) is 0 Å². The fraction of sp³-hybridized carbons (Fsp3) is 0.375. The van der Waals surface area contributed by atoms with Crippen LogP contribution in [0, 0.1) is 0 Å². The molecule has 1 saturated heterocycles. The van der Waals surface area contributed by atoms with Gasteiger partial charge in [0.05, 0.1) is 23.8 Å². The molecule has 1 unspecified atom stereocenters. The number of hydrogen-bond donors (Lipinski definition) is 1. The van der Waals surface area contributed by atoms with Crippen molar-refractivity contribution in [3.05, 3.63) is 47.8 Å². The smallest absolute Gasteiger partial charge is 0.248 e. The standard InChI is InChI=1S/C16H20N4O4S/c1-2-19-10-13(9-18-19)15-11-20(6-7-24-15)25(22,23)14-5-3-4-12(8-14)16(17)21/h3-5,8-10,15H,2,6-7,11H2,1H3,(H2,17,21). The van der Waals surface area contributed by atoms with Crippen LogP contribution in [0.15, 0.2) is 41.6 Å². The first kappa shape index (κ1) is 17.6. The zero-order chi connectivity index (χ0) is 18.0. The van der Waals surface area contributed by atoms with Crippen LogP contribution in [0.1, 0.15) is 28.9 Å². The molecule has 2 heterocycles. The second kappa shape index (κ2) is 6.95. The average molecular weight is 364 g/mol. The molecule has 0 radical (unpaired) electrons. The lowest BCUT2D eigenvalue weighted by molar-refractivity contribution is -0.00260. The highest BCUT2D eigenvalue weighted by atomic mass is 32.2. The summed E-state index contributed by atoms with van der Waals surface area (Å²) in [5.74, 6) is -0.663. The highest BCUT2D eigenvalue weighted by Gasteiger charge is 2.32. The van der Waals surface area contributed by atoms with Crippen molar-refractivity contribution < 1.29 is 17.9 Å². The summed E-state index contributed by atoms with van der Waals surface area (Å²) in [6, 6.07) is 5.76. The van der Waals surface area contributed by atoms with Gasteiger partial charge < -0.3 is 10.5 Å². The van der Waals surface area contributed by atoms with Crippen LogP contribution in [0.5, 0.6) is 0 Å². The summed E-state index contributed by atoms with van der Waals surface area (Å²) in [5, 5.41) is 4.20. The number of aromatic nitrogens is 2. The molecule has 0 spiro atoms. The fourth-order valence-electron chi connectivity index (χ4n) is 2.72. The Hall–Kier alpha value is -2.23. The van der Waals surface area contributed by atoms with Gasteiger partial charge in [0.1, 0.15) is 0 Å². The molecular formula is C16H20N4O4S. The number of nitrogens with two attached hydrogens (primary N) is 1. The van der Waals surface area contributed by atoms with Crippen LogP contribution in [0.4, 0.5) is 0 Å². The van der Waals surface area contributed by atoms with E-state index < -0.39 is 15.9 Å². The maximum atomic E-state index is 12.9. The molecule has 25 heavy (non-hydrogen) atoms. The van der Waals surface area contributed by atoms with Crippen LogP contribution in [-0.2, 0) is 21.3 Å². The largest absolute Gasteiger partial charge is 0.371 e. The highest BCUT2D eigenvalue weighted by molar-refractivity contribution is 7.89. The molecular weight excluding hydrogens is 344 g/mol. The molecule has 1 atom stereocenters. The highest BCUT2D eigenvalue weighted by Crippen LogP contribution is 2.26. The van der Waals surface area contributed by atoms with Gasteiger partial charge in [0.15, 0.2) is 0 Å². The van der Waals surface area contributed by atoms with Crippen molar-refractivity contribution in [2.75, 3.05) is 19.7 Å². The second-order valence-corrected chi connectivity index (χ2v) is 7.68. The molecule has 1 aliphatic heterocycles. The van der Waals surface area contributed by atoms with E-state index in [1.807, 2.05) is 13.1 Å². The number of benzene rings is 1. The third kappa shape index (κ3) is 3.58. The lowest BCUT2D eigenvalue weighted by Gasteiger charge is -2.31.